The van der Waals surface area contributed by atoms with Crippen molar-refractivity contribution in [2.45, 2.75) is 89.9 Å². The first-order chi connectivity index (χ1) is 8.46. The van der Waals surface area contributed by atoms with E-state index in [-0.39, 0.29) is 5.54 Å². The van der Waals surface area contributed by atoms with Crippen LogP contribution >= 0.6 is 0 Å². The summed E-state index contributed by atoms with van der Waals surface area (Å²) >= 11 is 0. The zero-order valence-electron chi connectivity index (χ0n) is 13.0. The second-order valence-electron chi connectivity index (χ2n) is 7.46. The van der Waals surface area contributed by atoms with Crippen LogP contribution in [0.5, 0.6) is 0 Å². The summed E-state index contributed by atoms with van der Waals surface area (Å²) in [7, 11) is 2.46. The van der Waals surface area contributed by atoms with Crippen LogP contribution in [-0.4, -0.2) is 13.4 Å². The minimum absolute atomic E-state index is 0.101. The third-order valence-corrected chi connectivity index (χ3v) is 6.67. The van der Waals surface area contributed by atoms with E-state index in [2.05, 4.69) is 28.6 Å². The summed E-state index contributed by atoms with van der Waals surface area (Å²) in [6.07, 6.45) is 12.0. The SMILES string of the molecule is BC1CC2(C)CCCCCC(N)(CCC)C12CC. The van der Waals surface area contributed by atoms with Crippen molar-refractivity contribution in [3.63, 3.8) is 0 Å². The van der Waals surface area contributed by atoms with Crippen molar-refractivity contribution in [1.29, 1.82) is 0 Å². The fraction of sp³-hybridized carbons (Fsp3) is 1.00. The molecule has 0 bridgehead atoms. The molecule has 2 saturated carbocycles. The Bertz CT molecular complexity index is 305. The summed E-state index contributed by atoms with van der Waals surface area (Å²) in [5.74, 6) is 0.821. The van der Waals surface area contributed by atoms with Gasteiger partial charge in [-0.3, -0.25) is 0 Å². The molecule has 0 aliphatic heterocycles. The molecule has 2 aliphatic carbocycles. The van der Waals surface area contributed by atoms with Gasteiger partial charge < -0.3 is 5.73 Å². The molecule has 2 N–H and O–H groups in total. The Hall–Kier alpha value is 0.0249. The molecule has 0 spiro atoms. The van der Waals surface area contributed by atoms with Crippen LogP contribution in [0, 0.1) is 10.8 Å². The number of nitrogens with two attached hydrogens (primary N) is 1. The molecule has 0 aromatic heterocycles. The van der Waals surface area contributed by atoms with E-state index in [1.807, 2.05) is 0 Å². The zero-order valence-corrected chi connectivity index (χ0v) is 13.0. The van der Waals surface area contributed by atoms with Crippen molar-refractivity contribution in [1.82, 2.24) is 0 Å². The van der Waals surface area contributed by atoms with Gasteiger partial charge >= 0.3 is 0 Å². The fourth-order valence-corrected chi connectivity index (χ4v) is 6.19. The molecule has 2 rings (SSSR count). The van der Waals surface area contributed by atoms with Gasteiger partial charge in [-0.25, -0.2) is 0 Å². The van der Waals surface area contributed by atoms with Crippen molar-refractivity contribution in [3.8, 4) is 0 Å². The van der Waals surface area contributed by atoms with Gasteiger partial charge in [-0.2, -0.15) is 0 Å². The van der Waals surface area contributed by atoms with Gasteiger partial charge in [0.2, 0.25) is 0 Å². The summed E-state index contributed by atoms with van der Waals surface area (Å²) < 4.78 is 0. The molecule has 4 atom stereocenters. The van der Waals surface area contributed by atoms with Crippen molar-refractivity contribution < 1.29 is 0 Å². The van der Waals surface area contributed by atoms with Gasteiger partial charge in [0.25, 0.3) is 0 Å². The van der Waals surface area contributed by atoms with Crippen LogP contribution in [0.4, 0.5) is 0 Å². The number of rotatable bonds is 3. The van der Waals surface area contributed by atoms with Gasteiger partial charge in [-0.1, -0.05) is 58.7 Å². The monoisotopic (exact) mass is 249 g/mol. The van der Waals surface area contributed by atoms with Crippen LogP contribution in [0.2, 0.25) is 5.82 Å². The average Bonchev–Trinajstić information content (AvgIpc) is 2.28. The average molecular weight is 249 g/mol. The van der Waals surface area contributed by atoms with Crippen LogP contribution in [0.1, 0.15) is 78.6 Å². The molecule has 0 aromatic carbocycles. The van der Waals surface area contributed by atoms with Gasteiger partial charge in [0.15, 0.2) is 0 Å². The van der Waals surface area contributed by atoms with Crippen LogP contribution in [-0.2, 0) is 0 Å². The molecule has 2 aliphatic rings. The summed E-state index contributed by atoms with van der Waals surface area (Å²) in [5, 5.41) is 0. The Balaban J connectivity index is 2.40. The first-order valence-electron chi connectivity index (χ1n) is 8.24. The first-order valence-corrected chi connectivity index (χ1v) is 8.24. The van der Waals surface area contributed by atoms with E-state index in [0.29, 0.717) is 10.8 Å². The van der Waals surface area contributed by atoms with Crippen LogP contribution in [0.15, 0.2) is 0 Å². The van der Waals surface area contributed by atoms with Crippen LogP contribution < -0.4 is 5.73 Å². The van der Waals surface area contributed by atoms with Gasteiger partial charge in [-0.05, 0) is 36.5 Å². The lowest BCUT2D eigenvalue weighted by molar-refractivity contribution is -0.144. The number of hydrogen-bond acceptors (Lipinski definition) is 1. The molecule has 0 amide bonds. The van der Waals surface area contributed by atoms with Gasteiger partial charge in [0, 0.05) is 5.54 Å². The summed E-state index contributed by atoms with van der Waals surface area (Å²) in [6.45, 7) is 7.24. The molecule has 2 fully saturated rings. The molecule has 0 saturated heterocycles. The largest absolute Gasteiger partial charge is 0.325 e. The lowest BCUT2D eigenvalue weighted by atomic mass is 9.31. The Kier molecular flexibility index (Phi) is 3.89. The quantitative estimate of drug-likeness (QED) is 0.759. The van der Waals surface area contributed by atoms with Crippen molar-refractivity contribution in [2.24, 2.45) is 16.6 Å². The highest BCUT2D eigenvalue weighted by molar-refractivity contribution is 6.13. The molecule has 4 unspecified atom stereocenters. The third kappa shape index (κ3) is 1.71. The Morgan fingerprint density at radius 3 is 2.39 bits per heavy atom. The molecule has 104 valence electrons. The predicted molar refractivity (Wildman–Crippen MR) is 82.7 cm³/mol. The Morgan fingerprint density at radius 1 is 1.17 bits per heavy atom. The van der Waals surface area contributed by atoms with Gasteiger partial charge in [0.05, 0.1) is 0 Å². The minimum Gasteiger partial charge on any atom is -0.325 e. The maximum absolute atomic E-state index is 7.05. The van der Waals surface area contributed by atoms with E-state index < -0.39 is 0 Å². The molecule has 0 radical (unpaired) electrons. The molecule has 0 aromatic rings. The first kappa shape index (κ1) is 14.4. The van der Waals surface area contributed by atoms with E-state index in [0.717, 1.165) is 5.82 Å². The highest BCUT2D eigenvalue weighted by atomic mass is 14.9. The van der Waals surface area contributed by atoms with Gasteiger partial charge in [0.1, 0.15) is 7.85 Å². The lowest BCUT2D eigenvalue weighted by Gasteiger charge is -2.71. The van der Waals surface area contributed by atoms with Crippen LogP contribution in [0.3, 0.4) is 0 Å². The topological polar surface area (TPSA) is 26.0 Å². The normalized spacial score (nSPS) is 48.8. The minimum atomic E-state index is 0.101. The van der Waals surface area contributed by atoms with Crippen LogP contribution in [0.25, 0.3) is 0 Å². The molecule has 2 heteroatoms. The second kappa shape index (κ2) is 4.85. The highest BCUT2D eigenvalue weighted by Crippen LogP contribution is 2.72. The summed E-state index contributed by atoms with van der Waals surface area (Å²) in [6, 6.07) is 0. The zero-order chi connectivity index (χ0) is 13.4. The van der Waals surface area contributed by atoms with E-state index >= 15 is 0 Å². The summed E-state index contributed by atoms with van der Waals surface area (Å²) in [4.78, 5) is 0. The molecule has 1 nitrogen and oxygen atoms in total. The van der Waals surface area contributed by atoms with E-state index in [1.165, 1.54) is 57.8 Å². The van der Waals surface area contributed by atoms with Gasteiger partial charge in [-0.15, -0.1) is 0 Å². The third-order valence-electron chi connectivity index (χ3n) is 6.67. The smallest absolute Gasteiger partial charge is 0.106 e. The summed E-state index contributed by atoms with van der Waals surface area (Å²) in [5.41, 5.74) is 8.08. The Labute approximate surface area is 115 Å². The maximum Gasteiger partial charge on any atom is 0.106 e. The molecule has 0 heterocycles. The number of fused-ring (bicyclic) bond motifs is 1. The van der Waals surface area contributed by atoms with E-state index in [4.69, 9.17) is 5.73 Å². The van der Waals surface area contributed by atoms with E-state index in [9.17, 15) is 0 Å². The Morgan fingerprint density at radius 2 is 1.83 bits per heavy atom. The highest BCUT2D eigenvalue weighted by Gasteiger charge is 2.66. The standard InChI is InChI=1S/C16H32BN/c1-4-9-15(18)11-8-6-7-10-14(3)12-13(17)16(14,15)5-2/h13H,4-12,17-18H2,1-3H3. The molecular weight excluding hydrogens is 217 g/mol. The van der Waals surface area contributed by atoms with Crippen molar-refractivity contribution in [2.75, 3.05) is 0 Å². The lowest BCUT2D eigenvalue weighted by Crippen LogP contribution is -2.70. The van der Waals surface area contributed by atoms with Crippen molar-refractivity contribution >= 4 is 7.85 Å². The molecular formula is C16H32BN. The maximum atomic E-state index is 7.05. The van der Waals surface area contributed by atoms with Crippen molar-refractivity contribution in [3.05, 3.63) is 0 Å². The predicted octanol–water partition coefficient (Wildman–Crippen LogP) is 3.68. The number of hydrogen-bond donors (Lipinski definition) is 1. The van der Waals surface area contributed by atoms with E-state index in [1.54, 1.807) is 0 Å². The second-order valence-corrected chi connectivity index (χ2v) is 7.46. The fourth-order valence-electron chi connectivity index (χ4n) is 6.19. The molecule has 18 heavy (non-hydrogen) atoms.